The van der Waals surface area contributed by atoms with Crippen LogP contribution in [0.1, 0.15) is 12.8 Å². The summed E-state index contributed by atoms with van der Waals surface area (Å²) in [4.78, 5) is 0. The van der Waals surface area contributed by atoms with Gasteiger partial charge in [0.1, 0.15) is 49.4 Å². The maximum atomic E-state index is 13.3. The minimum absolute atomic E-state index is 0.136. The molecule has 4 rings (SSSR count). The predicted octanol–water partition coefficient (Wildman–Crippen LogP) is -5.97. The smallest absolute Gasteiger partial charge is 0.189 e. The van der Waals surface area contributed by atoms with Crippen LogP contribution in [0.4, 0.5) is 4.39 Å². The van der Waals surface area contributed by atoms with Gasteiger partial charge in [-0.3, -0.25) is 0 Å². The Morgan fingerprint density at radius 1 is 0.757 bits per heavy atom. The van der Waals surface area contributed by atoms with Crippen molar-refractivity contribution in [2.24, 2.45) is 22.9 Å². The summed E-state index contributed by atoms with van der Waals surface area (Å²) < 4.78 is 42.3. The Kier molecular flexibility index (Phi) is 9.37. The first kappa shape index (κ1) is 29.3. The number of nitrogens with two attached hydrogens (primary N) is 4. The van der Waals surface area contributed by atoms with Crippen LogP contribution in [0.25, 0.3) is 0 Å². The van der Waals surface area contributed by atoms with Crippen molar-refractivity contribution < 1.29 is 53.6 Å². The maximum absolute atomic E-state index is 13.3. The van der Waals surface area contributed by atoms with Gasteiger partial charge < -0.3 is 77.5 Å². The third kappa shape index (κ3) is 5.65. The molecule has 4 fully saturated rings. The van der Waals surface area contributed by atoms with Crippen molar-refractivity contribution in [1.29, 1.82) is 0 Å². The van der Waals surface area contributed by atoms with Crippen LogP contribution in [0.2, 0.25) is 0 Å². The lowest BCUT2D eigenvalue weighted by Gasteiger charge is -2.51. The Balaban J connectivity index is 1.43. The predicted molar refractivity (Wildman–Crippen MR) is 122 cm³/mol. The molecule has 4 aliphatic rings. The first-order chi connectivity index (χ1) is 17.5. The number of halogens is 1. The van der Waals surface area contributed by atoms with Gasteiger partial charge >= 0.3 is 0 Å². The second-order valence-electron chi connectivity index (χ2n) is 10.3. The molecule has 0 aromatic carbocycles. The van der Waals surface area contributed by atoms with Gasteiger partial charge in [-0.25, -0.2) is 4.39 Å². The van der Waals surface area contributed by atoms with E-state index >= 15 is 0 Å². The fraction of sp³-hybridized carbons (Fsp3) is 1.00. The van der Waals surface area contributed by atoms with Crippen LogP contribution in [0.5, 0.6) is 0 Å². The molecule has 14 N–H and O–H groups in total. The van der Waals surface area contributed by atoms with Crippen molar-refractivity contribution in [2.45, 2.75) is 117 Å². The largest absolute Gasteiger partial charge is 0.389 e. The van der Waals surface area contributed by atoms with Crippen LogP contribution < -0.4 is 28.3 Å². The fourth-order valence-electron chi connectivity index (χ4n) is 5.43. The van der Waals surface area contributed by atoms with Gasteiger partial charge in [-0.15, -0.1) is 0 Å². The van der Waals surface area contributed by atoms with Crippen molar-refractivity contribution in [3.05, 3.63) is 0 Å². The molecule has 0 amide bonds. The van der Waals surface area contributed by atoms with Gasteiger partial charge in [-0.05, 0) is 19.9 Å². The highest BCUT2D eigenvalue weighted by molar-refractivity contribution is 5.01. The molecule has 216 valence electrons. The Labute approximate surface area is 213 Å². The van der Waals surface area contributed by atoms with E-state index in [0.29, 0.717) is 0 Å². The number of alkyl halides is 1. The van der Waals surface area contributed by atoms with E-state index in [9.17, 15) is 29.9 Å². The molecule has 3 heterocycles. The zero-order valence-electron chi connectivity index (χ0n) is 20.4. The van der Waals surface area contributed by atoms with Crippen LogP contribution in [0.15, 0.2) is 0 Å². The van der Waals surface area contributed by atoms with Crippen molar-refractivity contribution >= 4 is 0 Å². The monoisotopic (exact) mass is 541 g/mol. The number of aliphatic hydroxyl groups excluding tert-OH is 5. The van der Waals surface area contributed by atoms with Crippen LogP contribution in [-0.4, -0.2) is 143 Å². The van der Waals surface area contributed by atoms with E-state index in [0.717, 1.165) is 0 Å². The number of rotatable bonds is 6. The van der Waals surface area contributed by atoms with E-state index in [1.165, 1.54) is 7.05 Å². The Hall–Kier alpha value is -0.670. The first-order valence-corrected chi connectivity index (χ1v) is 12.4. The number of hydrogen-bond donors (Lipinski definition) is 10. The van der Waals surface area contributed by atoms with Gasteiger partial charge in [-0.2, -0.15) is 0 Å². The molecule has 1 saturated carbocycles. The van der Waals surface area contributed by atoms with Crippen LogP contribution in [0.3, 0.4) is 0 Å². The van der Waals surface area contributed by atoms with Crippen molar-refractivity contribution in [1.82, 2.24) is 5.32 Å². The number of fused-ring (bicyclic) bond motifs is 1. The van der Waals surface area contributed by atoms with Crippen LogP contribution in [-0.2, 0) is 23.7 Å². The molecule has 0 radical (unpaired) electrons. The fourth-order valence-corrected chi connectivity index (χ4v) is 5.43. The number of nitrogens with one attached hydrogen (secondary N) is 1. The lowest BCUT2D eigenvalue weighted by Crippen LogP contribution is -2.70. The molecule has 0 spiro atoms. The number of ether oxygens (including phenoxy) is 5. The molecule has 0 aromatic heterocycles. The summed E-state index contributed by atoms with van der Waals surface area (Å²) in [5, 5.41) is 55.1. The number of hydrogen-bond acceptors (Lipinski definition) is 15. The average molecular weight is 542 g/mol. The summed E-state index contributed by atoms with van der Waals surface area (Å²) in [6.07, 6.45) is -14.3. The van der Waals surface area contributed by atoms with Crippen LogP contribution >= 0.6 is 0 Å². The van der Waals surface area contributed by atoms with E-state index in [-0.39, 0.29) is 12.8 Å². The third-order valence-electron chi connectivity index (χ3n) is 7.72. The summed E-state index contributed by atoms with van der Waals surface area (Å²) in [5.74, 6) is 0. The van der Waals surface area contributed by atoms with E-state index < -0.39 is 111 Å². The molecule has 3 aliphatic heterocycles. The Morgan fingerprint density at radius 2 is 1.46 bits per heavy atom. The molecule has 17 atom stereocenters. The second-order valence-corrected chi connectivity index (χ2v) is 10.3. The summed E-state index contributed by atoms with van der Waals surface area (Å²) in [5.41, 5.74) is 23.9. The Morgan fingerprint density at radius 3 is 2.11 bits per heavy atom. The lowest BCUT2D eigenvalue weighted by atomic mass is 9.84. The van der Waals surface area contributed by atoms with Gasteiger partial charge in [0, 0.05) is 12.1 Å². The molecule has 0 bridgehead atoms. The van der Waals surface area contributed by atoms with Gasteiger partial charge in [0.05, 0.1) is 30.3 Å². The number of aliphatic hydroxyl groups is 5. The number of likely N-dealkylation sites (N-methyl/N-ethyl adjacent to an activating group) is 1. The molecule has 3 saturated heterocycles. The topological polar surface area (TPSA) is 263 Å². The molecular formula is C21H40FN5O10. The summed E-state index contributed by atoms with van der Waals surface area (Å²) >= 11 is 0. The third-order valence-corrected chi connectivity index (χ3v) is 7.72. The van der Waals surface area contributed by atoms with Crippen molar-refractivity contribution in [3.8, 4) is 0 Å². The second kappa shape index (κ2) is 11.8. The minimum Gasteiger partial charge on any atom is -0.389 e. The molecule has 16 heteroatoms. The molecule has 15 nitrogen and oxygen atoms in total. The molecule has 1 aliphatic carbocycles. The average Bonchev–Trinajstić information content (AvgIpc) is 2.86. The Bertz CT molecular complexity index is 761. The van der Waals surface area contributed by atoms with Gasteiger partial charge in [0.15, 0.2) is 18.9 Å². The minimum atomic E-state index is -1.59. The molecule has 37 heavy (non-hydrogen) atoms. The zero-order chi connectivity index (χ0) is 27.2. The SMILES string of the molecule is CNC1C(O[C@H]2OC(CF)[C@@H](N)C(O)C2O)O[C@H]2CC(N)[C@@H](O[C@@H]3C(N)C[C@@H](N)C(O)C3O)OC2C1O. The molecular weight excluding hydrogens is 501 g/mol. The van der Waals surface area contributed by atoms with E-state index in [1.54, 1.807) is 0 Å². The normalized spacial score (nSPS) is 55.1. The summed E-state index contributed by atoms with van der Waals surface area (Å²) in [7, 11) is 1.53. The van der Waals surface area contributed by atoms with Gasteiger partial charge in [0.25, 0.3) is 0 Å². The van der Waals surface area contributed by atoms with E-state index in [2.05, 4.69) is 5.32 Å². The van der Waals surface area contributed by atoms with Gasteiger partial charge in [-0.1, -0.05) is 0 Å². The highest BCUT2D eigenvalue weighted by Gasteiger charge is 2.54. The van der Waals surface area contributed by atoms with E-state index in [1.807, 2.05) is 0 Å². The highest BCUT2D eigenvalue weighted by Crippen LogP contribution is 2.35. The molecule has 0 aromatic rings. The van der Waals surface area contributed by atoms with Gasteiger partial charge in [0.2, 0.25) is 0 Å². The van der Waals surface area contributed by atoms with E-state index in [4.69, 9.17) is 46.6 Å². The standard InChI is InChI=1S/C21H40FN5O10/c1-27-11-14(30)18-8(33-20(11)37-21-16(32)13(29)10(26)9(4-22)34-21)3-7(25)19(36-18)35-17-6(24)2-5(23)12(28)15(17)31/h5-21,27-32H,2-4,23-26H2,1H3/t5-,6?,7?,8+,9?,10-,11?,12?,13?,14?,15?,16?,17-,18?,19+,20?,21-/m1/s1. The quantitative estimate of drug-likeness (QED) is 0.150. The lowest BCUT2D eigenvalue weighted by molar-refractivity contribution is -0.372. The van der Waals surface area contributed by atoms with Crippen molar-refractivity contribution in [3.63, 3.8) is 0 Å². The highest BCUT2D eigenvalue weighted by atomic mass is 19.1. The van der Waals surface area contributed by atoms with Crippen LogP contribution in [0, 0.1) is 0 Å². The summed E-state index contributed by atoms with van der Waals surface area (Å²) in [6.45, 7) is -1.01. The zero-order valence-corrected chi connectivity index (χ0v) is 20.4. The first-order valence-electron chi connectivity index (χ1n) is 12.4. The van der Waals surface area contributed by atoms with Crippen molar-refractivity contribution in [2.75, 3.05) is 13.7 Å². The molecule has 11 unspecified atom stereocenters. The maximum Gasteiger partial charge on any atom is 0.189 e. The summed E-state index contributed by atoms with van der Waals surface area (Å²) in [6, 6.07) is -4.24.